The third kappa shape index (κ3) is 7.22. The van der Waals surface area contributed by atoms with Gasteiger partial charge in [0.15, 0.2) is 5.96 Å². The van der Waals surface area contributed by atoms with Crippen LogP contribution in [-0.4, -0.2) is 30.1 Å². The summed E-state index contributed by atoms with van der Waals surface area (Å²) in [5.74, 6) is 2.72. The van der Waals surface area contributed by atoms with Gasteiger partial charge in [0.2, 0.25) is 5.88 Å². The fourth-order valence-corrected chi connectivity index (χ4v) is 2.42. The van der Waals surface area contributed by atoms with E-state index in [2.05, 4.69) is 25.6 Å². The molecule has 29 heavy (non-hydrogen) atoms. The zero-order valence-corrected chi connectivity index (χ0v) is 18.7. The second kappa shape index (κ2) is 11.8. The van der Waals surface area contributed by atoms with Gasteiger partial charge in [0.25, 0.3) is 0 Å². The summed E-state index contributed by atoms with van der Waals surface area (Å²) in [6.45, 7) is 1.20. The quantitative estimate of drug-likeness (QED) is 0.289. The van der Waals surface area contributed by atoms with Crippen LogP contribution < -0.4 is 20.1 Å². The van der Waals surface area contributed by atoms with Gasteiger partial charge in [0.05, 0.1) is 19.3 Å². The van der Waals surface area contributed by atoms with Crippen LogP contribution in [0, 0.1) is 0 Å². The summed E-state index contributed by atoms with van der Waals surface area (Å²) in [6, 6.07) is 17.0. The maximum absolute atomic E-state index is 5.74. The molecule has 152 valence electrons. The number of hydrogen-bond donors (Lipinski definition) is 2. The molecule has 0 saturated heterocycles. The van der Waals surface area contributed by atoms with Gasteiger partial charge in [-0.25, -0.2) is 4.98 Å². The molecule has 7 nitrogen and oxygen atoms in total. The predicted octanol–water partition coefficient (Wildman–Crippen LogP) is 3.76. The van der Waals surface area contributed by atoms with E-state index in [0.29, 0.717) is 30.7 Å². The molecule has 2 heterocycles. The van der Waals surface area contributed by atoms with Crippen LogP contribution in [0.25, 0.3) is 0 Å². The summed E-state index contributed by atoms with van der Waals surface area (Å²) >= 11 is 0. The second-order valence-corrected chi connectivity index (χ2v) is 5.88. The minimum atomic E-state index is 0. The largest absolute Gasteiger partial charge is 0.497 e. The molecule has 0 aliphatic heterocycles. The summed E-state index contributed by atoms with van der Waals surface area (Å²) in [7, 11) is 3.37. The number of rotatable bonds is 7. The number of ether oxygens (including phenoxy) is 2. The van der Waals surface area contributed by atoms with Gasteiger partial charge in [-0.15, -0.1) is 24.0 Å². The number of aliphatic imine (C=N–C) groups is 1. The van der Waals surface area contributed by atoms with E-state index in [1.807, 2.05) is 54.6 Å². The van der Waals surface area contributed by atoms with E-state index in [4.69, 9.17) is 9.47 Å². The summed E-state index contributed by atoms with van der Waals surface area (Å²) in [6.07, 6.45) is 3.55. The lowest BCUT2D eigenvalue weighted by molar-refractivity contribution is 0.412. The number of methoxy groups -OCH3 is 1. The topological polar surface area (TPSA) is 80.7 Å². The van der Waals surface area contributed by atoms with E-state index in [1.165, 1.54) is 0 Å². The van der Waals surface area contributed by atoms with E-state index in [9.17, 15) is 0 Å². The monoisotopic (exact) mass is 505 g/mol. The molecule has 2 aromatic heterocycles. The number of hydrogen-bond acceptors (Lipinski definition) is 5. The highest BCUT2D eigenvalue weighted by molar-refractivity contribution is 14.0. The Morgan fingerprint density at radius 3 is 2.31 bits per heavy atom. The van der Waals surface area contributed by atoms with Crippen LogP contribution in [0.5, 0.6) is 17.4 Å². The van der Waals surface area contributed by atoms with Crippen LogP contribution in [0.15, 0.2) is 72.0 Å². The average molecular weight is 505 g/mol. The fraction of sp³-hybridized carbons (Fsp3) is 0.190. The van der Waals surface area contributed by atoms with E-state index in [-0.39, 0.29) is 24.0 Å². The molecule has 2 N–H and O–H groups in total. The van der Waals surface area contributed by atoms with Gasteiger partial charge in [-0.05, 0) is 42.0 Å². The Hall–Kier alpha value is -2.88. The van der Waals surface area contributed by atoms with Gasteiger partial charge in [0, 0.05) is 32.1 Å². The first-order valence-corrected chi connectivity index (χ1v) is 8.88. The van der Waals surface area contributed by atoms with Gasteiger partial charge in [-0.1, -0.05) is 12.1 Å². The van der Waals surface area contributed by atoms with Crippen molar-refractivity contribution in [2.75, 3.05) is 14.2 Å². The summed E-state index contributed by atoms with van der Waals surface area (Å²) < 4.78 is 10.9. The number of halogens is 1. The molecule has 8 heteroatoms. The van der Waals surface area contributed by atoms with Crippen molar-refractivity contribution >= 4 is 29.9 Å². The molecule has 0 atom stereocenters. The lowest BCUT2D eigenvalue weighted by Gasteiger charge is -2.12. The molecule has 0 amide bonds. The molecule has 0 radical (unpaired) electrons. The van der Waals surface area contributed by atoms with Crippen LogP contribution in [0.3, 0.4) is 0 Å². The molecule has 3 rings (SSSR count). The lowest BCUT2D eigenvalue weighted by atomic mass is 10.3. The van der Waals surface area contributed by atoms with Crippen molar-refractivity contribution in [1.29, 1.82) is 0 Å². The van der Waals surface area contributed by atoms with Gasteiger partial charge in [-0.3, -0.25) is 9.98 Å². The Kier molecular flexibility index (Phi) is 9.16. The van der Waals surface area contributed by atoms with Crippen LogP contribution in [0.1, 0.15) is 11.3 Å². The molecule has 0 saturated carbocycles. The minimum Gasteiger partial charge on any atom is -0.497 e. The van der Waals surface area contributed by atoms with Gasteiger partial charge in [0.1, 0.15) is 11.5 Å². The van der Waals surface area contributed by atoms with Crippen LogP contribution >= 0.6 is 24.0 Å². The number of benzene rings is 1. The van der Waals surface area contributed by atoms with Crippen molar-refractivity contribution in [2.45, 2.75) is 13.1 Å². The standard InChI is InChI=1S/C21H23N5O2.HI/c1-22-21(26-15-17-5-3-4-12-23-17)25-14-16-6-11-20(24-13-16)28-19-9-7-18(27-2)8-10-19;/h3-13H,14-15H2,1-2H3,(H2,22,25,26);1H. The third-order valence-electron chi connectivity index (χ3n) is 3.93. The Morgan fingerprint density at radius 2 is 1.69 bits per heavy atom. The van der Waals surface area contributed by atoms with E-state index >= 15 is 0 Å². The molecule has 3 aromatic rings. The van der Waals surface area contributed by atoms with Crippen molar-refractivity contribution in [3.05, 3.63) is 78.2 Å². The Balaban J connectivity index is 0.00000300. The second-order valence-electron chi connectivity index (χ2n) is 5.88. The molecule has 0 unspecified atom stereocenters. The normalized spacial score (nSPS) is 10.6. The van der Waals surface area contributed by atoms with Crippen molar-refractivity contribution in [3.63, 3.8) is 0 Å². The Labute approximate surface area is 187 Å². The van der Waals surface area contributed by atoms with Crippen LogP contribution in [0.2, 0.25) is 0 Å². The smallest absolute Gasteiger partial charge is 0.219 e. The van der Waals surface area contributed by atoms with Crippen LogP contribution in [0.4, 0.5) is 0 Å². The van der Waals surface area contributed by atoms with Crippen molar-refractivity contribution in [1.82, 2.24) is 20.6 Å². The van der Waals surface area contributed by atoms with E-state index in [0.717, 1.165) is 17.0 Å². The first kappa shape index (κ1) is 22.4. The first-order chi connectivity index (χ1) is 13.8. The molecule has 0 bridgehead atoms. The molecular formula is C21H24IN5O2. The maximum atomic E-state index is 5.74. The summed E-state index contributed by atoms with van der Waals surface area (Å²) in [5, 5.41) is 6.48. The first-order valence-electron chi connectivity index (χ1n) is 8.88. The maximum Gasteiger partial charge on any atom is 0.219 e. The number of pyridine rings is 2. The Morgan fingerprint density at radius 1 is 0.931 bits per heavy atom. The number of aromatic nitrogens is 2. The van der Waals surface area contributed by atoms with Gasteiger partial charge >= 0.3 is 0 Å². The van der Waals surface area contributed by atoms with E-state index < -0.39 is 0 Å². The average Bonchev–Trinajstić information content (AvgIpc) is 2.76. The highest BCUT2D eigenvalue weighted by Gasteiger charge is 2.02. The molecular weight excluding hydrogens is 481 g/mol. The lowest BCUT2D eigenvalue weighted by Crippen LogP contribution is -2.36. The molecule has 0 aliphatic carbocycles. The number of nitrogens with one attached hydrogen (secondary N) is 2. The zero-order chi connectivity index (χ0) is 19.6. The van der Waals surface area contributed by atoms with Gasteiger partial charge in [-0.2, -0.15) is 0 Å². The molecule has 1 aromatic carbocycles. The van der Waals surface area contributed by atoms with Crippen molar-refractivity contribution in [3.8, 4) is 17.4 Å². The van der Waals surface area contributed by atoms with Crippen molar-refractivity contribution < 1.29 is 9.47 Å². The summed E-state index contributed by atoms with van der Waals surface area (Å²) in [5.41, 5.74) is 1.97. The fourth-order valence-electron chi connectivity index (χ4n) is 2.42. The zero-order valence-electron chi connectivity index (χ0n) is 16.3. The number of guanidine groups is 1. The third-order valence-corrected chi connectivity index (χ3v) is 3.93. The minimum absolute atomic E-state index is 0. The number of nitrogens with zero attached hydrogens (tertiary/aromatic N) is 3. The van der Waals surface area contributed by atoms with E-state index in [1.54, 1.807) is 26.6 Å². The SMILES string of the molecule is CN=C(NCc1ccc(Oc2ccc(OC)cc2)nc1)NCc1ccccn1.I. The van der Waals surface area contributed by atoms with Gasteiger partial charge < -0.3 is 20.1 Å². The highest BCUT2D eigenvalue weighted by Crippen LogP contribution is 2.22. The predicted molar refractivity (Wildman–Crippen MR) is 124 cm³/mol. The Bertz CT molecular complexity index is 887. The molecule has 0 spiro atoms. The summed E-state index contributed by atoms with van der Waals surface area (Å²) in [4.78, 5) is 12.8. The van der Waals surface area contributed by atoms with Crippen molar-refractivity contribution in [2.24, 2.45) is 4.99 Å². The molecule has 0 aliphatic rings. The highest BCUT2D eigenvalue weighted by atomic mass is 127. The van der Waals surface area contributed by atoms with Crippen LogP contribution in [-0.2, 0) is 13.1 Å². The molecule has 0 fully saturated rings.